The van der Waals surface area contributed by atoms with E-state index >= 15 is 0 Å². The highest BCUT2D eigenvalue weighted by molar-refractivity contribution is 6.33. The normalized spacial score (nSPS) is 14.0. The lowest BCUT2D eigenvalue weighted by Gasteiger charge is -2.16. The van der Waals surface area contributed by atoms with E-state index in [2.05, 4.69) is 10.1 Å². The van der Waals surface area contributed by atoms with E-state index in [0.717, 1.165) is 0 Å². The first-order chi connectivity index (χ1) is 9.36. The van der Waals surface area contributed by atoms with Crippen molar-refractivity contribution in [2.45, 2.75) is 25.8 Å². The van der Waals surface area contributed by atoms with Gasteiger partial charge in [0.05, 0.1) is 15.5 Å². The van der Waals surface area contributed by atoms with Crippen molar-refractivity contribution in [3.05, 3.63) is 39.2 Å². The molecule has 8 heteroatoms. The van der Waals surface area contributed by atoms with Gasteiger partial charge in [-0.3, -0.25) is 10.1 Å². The number of nitro benzene ring substituents is 1. The maximum absolute atomic E-state index is 11.0. The zero-order valence-electron chi connectivity index (χ0n) is 11.0. The largest absolute Gasteiger partial charge is 0.334 e. The van der Waals surface area contributed by atoms with Crippen molar-refractivity contribution in [3.8, 4) is 11.5 Å². The number of aromatic nitrogens is 2. The van der Waals surface area contributed by atoms with E-state index in [1.165, 1.54) is 18.2 Å². The van der Waals surface area contributed by atoms with Crippen molar-refractivity contribution in [1.82, 2.24) is 10.1 Å². The van der Waals surface area contributed by atoms with Gasteiger partial charge in [-0.25, -0.2) is 0 Å². The first-order valence-electron chi connectivity index (χ1n) is 5.93. The van der Waals surface area contributed by atoms with Gasteiger partial charge in [0.2, 0.25) is 0 Å². The zero-order valence-corrected chi connectivity index (χ0v) is 11.7. The molecule has 1 aromatic carbocycles. The minimum atomic E-state index is -0.766. The highest BCUT2D eigenvalue weighted by Crippen LogP contribution is 2.35. The second-order valence-corrected chi connectivity index (χ2v) is 4.99. The number of hydrogen-bond acceptors (Lipinski definition) is 6. The molecule has 20 heavy (non-hydrogen) atoms. The Kier molecular flexibility index (Phi) is 3.74. The average Bonchev–Trinajstić information content (AvgIpc) is 2.88. The van der Waals surface area contributed by atoms with Crippen LogP contribution in [-0.4, -0.2) is 15.1 Å². The van der Waals surface area contributed by atoms with Gasteiger partial charge in [0.1, 0.15) is 5.56 Å². The summed E-state index contributed by atoms with van der Waals surface area (Å²) in [5.41, 5.74) is 5.16. The molecule has 0 radical (unpaired) electrons. The summed E-state index contributed by atoms with van der Waals surface area (Å²) in [6, 6.07) is 4.34. The Labute approximate surface area is 119 Å². The first kappa shape index (κ1) is 14.4. The summed E-state index contributed by atoms with van der Waals surface area (Å²) in [6.45, 7) is 3.64. The molecule has 1 atom stereocenters. The van der Waals surface area contributed by atoms with Crippen LogP contribution in [0.25, 0.3) is 11.5 Å². The maximum atomic E-state index is 11.0. The van der Waals surface area contributed by atoms with Gasteiger partial charge in [-0.1, -0.05) is 29.7 Å². The fourth-order valence-corrected chi connectivity index (χ4v) is 1.84. The Morgan fingerprint density at radius 2 is 2.25 bits per heavy atom. The van der Waals surface area contributed by atoms with Gasteiger partial charge in [-0.15, -0.1) is 0 Å². The molecule has 2 rings (SSSR count). The SMILES string of the molecule is CCC(C)(N)c1noc(-c2c(Cl)cccc2[N+](=O)[O-])n1. The van der Waals surface area contributed by atoms with Crippen molar-refractivity contribution in [3.63, 3.8) is 0 Å². The lowest BCUT2D eigenvalue weighted by atomic mass is 10.00. The third-order valence-electron chi connectivity index (χ3n) is 3.07. The van der Waals surface area contributed by atoms with Crippen LogP contribution in [-0.2, 0) is 5.54 Å². The lowest BCUT2D eigenvalue weighted by Crippen LogP contribution is -2.33. The van der Waals surface area contributed by atoms with Crippen LogP contribution >= 0.6 is 11.6 Å². The summed E-state index contributed by atoms with van der Waals surface area (Å²) in [7, 11) is 0. The molecule has 0 aliphatic rings. The number of halogens is 1. The summed E-state index contributed by atoms with van der Waals surface area (Å²) < 4.78 is 5.08. The number of nitrogens with two attached hydrogens (primary N) is 1. The van der Waals surface area contributed by atoms with Gasteiger partial charge in [0, 0.05) is 6.07 Å². The zero-order chi connectivity index (χ0) is 14.9. The van der Waals surface area contributed by atoms with Crippen molar-refractivity contribution in [2.24, 2.45) is 5.73 Å². The first-order valence-corrected chi connectivity index (χ1v) is 6.31. The average molecular weight is 297 g/mol. The number of benzene rings is 1. The molecule has 0 spiro atoms. The van der Waals surface area contributed by atoms with Crippen LogP contribution in [0.4, 0.5) is 5.69 Å². The van der Waals surface area contributed by atoms with E-state index in [1.807, 2.05) is 6.92 Å². The number of rotatable bonds is 4. The quantitative estimate of drug-likeness (QED) is 0.686. The van der Waals surface area contributed by atoms with Gasteiger partial charge in [0.15, 0.2) is 5.82 Å². The second-order valence-electron chi connectivity index (χ2n) is 4.59. The molecule has 2 aromatic rings. The van der Waals surface area contributed by atoms with E-state index in [1.54, 1.807) is 6.92 Å². The van der Waals surface area contributed by atoms with Crippen LogP contribution in [0.3, 0.4) is 0 Å². The third kappa shape index (κ3) is 2.50. The second kappa shape index (κ2) is 5.18. The molecule has 7 nitrogen and oxygen atoms in total. The van der Waals surface area contributed by atoms with Gasteiger partial charge in [0.25, 0.3) is 11.6 Å². The summed E-state index contributed by atoms with van der Waals surface area (Å²) in [6.07, 6.45) is 0.594. The van der Waals surface area contributed by atoms with E-state index in [0.29, 0.717) is 6.42 Å². The van der Waals surface area contributed by atoms with Gasteiger partial charge in [-0.05, 0) is 19.4 Å². The minimum Gasteiger partial charge on any atom is -0.334 e. The minimum absolute atomic E-state index is 0.0116. The molecule has 106 valence electrons. The molecule has 0 saturated carbocycles. The maximum Gasteiger partial charge on any atom is 0.283 e. The van der Waals surface area contributed by atoms with Crippen LogP contribution in [0.15, 0.2) is 22.7 Å². The van der Waals surface area contributed by atoms with Gasteiger partial charge in [-0.2, -0.15) is 4.98 Å². The van der Waals surface area contributed by atoms with Crippen LogP contribution < -0.4 is 5.73 Å². The van der Waals surface area contributed by atoms with E-state index in [-0.39, 0.29) is 28.0 Å². The molecular formula is C12H13ClN4O3. The Balaban J connectivity index is 2.56. The standard InChI is InChI=1S/C12H13ClN4O3/c1-3-12(2,14)11-15-10(20-16-11)9-7(13)5-4-6-8(9)17(18)19/h4-6H,3,14H2,1-2H3. The molecule has 0 fully saturated rings. The highest BCUT2D eigenvalue weighted by Gasteiger charge is 2.29. The molecular weight excluding hydrogens is 284 g/mol. The van der Waals surface area contributed by atoms with Crippen molar-refractivity contribution < 1.29 is 9.45 Å². The Morgan fingerprint density at radius 1 is 1.55 bits per heavy atom. The Bertz CT molecular complexity index is 654. The van der Waals surface area contributed by atoms with Gasteiger partial charge < -0.3 is 10.3 Å². The smallest absolute Gasteiger partial charge is 0.283 e. The van der Waals surface area contributed by atoms with Gasteiger partial charge >= 0.3 is 0 Å². The monoisotopic (exact) mass is 296 g/mol. The van der Waals surface area contributed by atoms with E-state index in [9.17, 15) is 10.1 Å². The van der Waals surface area contributed by atoms with E-state index in [4.69, 9.17) is 21.9 Å². The fraction of sp³-hybridized carbons (Fsp3) is 0.333. The lowest BCUT2D eigenvalue weighted by molar-refractivity contribution is -0.384. The summed E-state index contributed by atoms with van der Waals surface area (Å²) in [5.74, 6) is 0.270. The molecule has 1 unspecified atom stereocenters. The highest BCUT2D eigenvalue weighted by atomic mass is 35.5. The van der Waals surface area contributed by atoms with Crippen LogP contribution in [0.5, 0.6) is 0 Å². The third-order valence-corrected chi connectivity index (χ3v) is 3.39. The molecule has 0 aliphatic carbocycles. The summed E-state index contributed by atoms with van der Waals surface area (Å²) in [4.78, 5) is 14.6. The van der Waals surface area contributed by atoms with Crippen molar-refractivity contribution >= 4 is 17.3 Å². The summed E-state index contributed by atoms with van der Waals surface area (Å²) in [5, 5.41) is 15.0. The van der Waals surface area contributed by atoms with Crippen LogP contribution in [0.2, 0.25) is 5.02 Å². The van der Waals surface area contributed by atoms with E-state index < -0.39 is 10.5 Å². The topological polar surface area (TPSA) is 108 Å². The van der Waals surface area contributed by atoms with Crippen LogP contribution in [0.1, 0.15) is 26.1 Å². The van der Waals surface area contributed by atoms with Crippen molar-refractivity contribution in [1.29, 1.82) is 0 Å². The predicted octanol–water partition coefficient (Wildman–Crippen LogP) is 2.88. The molecule has 1 heterocycles. The molecule has 2 N–H and O–H groups in total. The molecule has 0 saturated heterocycles. The summed E-state index contributed by atoms with van der Waals surface area (Å²) >= 11 is 6.00. The number of nitro groups is 1. The Morgan fingerprint density at radius 3 is 2.85 bits per heavy atom. The predicted molar refractivity (Wildman–Crippen MR) is 73.2 cm³/mol. The Hall–Kier alpha value is -1.99. The molecule has 0 amide bonds. The molecule has 0 bridgehead atoms. The molecule has 1 aromatic heterocycles. The van der Waals surface area contributed by atoms with Crippen molar-refractivity contribution in [2.75, 3.05) is 0 Å². The van der Waals surface area contributed by atoms with Crippen LogP contribution in [0, 0.1) is 10.1 Å². The fourth-order valence-electron chi connectivity index (χ4n) is 1.59. The number of nitrogens with zero attached hydrogens (tertiary/aromatic N) is 3. The molecule has 0 aliphatic heterocycles. The number of hydrogen-bond donors (Lipinski definition) is 1.